The van der Waals surface area contributed by atoms with E-state index in [9.17, 15) is 4.79 Å². The molecule has 2 aromatic heterocycles. The molecule has 1 N–H and O–H groups in total. The van der Waals surface area contributed by atoms with Crippen LogP contribution in [0.25, 0.3) is 5.65 Å². The standard InChI is InChI=1S/C21H24N4O2/c1-14-10-15(2)25-20(23-14)19(11-22-25)13-24-9-3-4-18(12-24)16-5-7-17(8-6-16)21(26)27/h5-8,10-11,18H,3-4,9,12-13H2,1-2H3,(H,26,27). The third kappa shape index (κ3) is 3.57. The molecule has 0 bridgehead atoms. The maximum absolute atomic E-state index is 11.1. The smallest absolute Gasteiger partial charge is 0.335 e. The maximum atomic E-state index is 11.1. The lowest BCUT2D eigenvalue weighted by atomic mass is 9.90. The molecular weight excluding hydrogens is 340 g/mol. The van der Waals surface area contributed by atoms with Gasteiger partial charge in [0.2, 0.25) is 0 Å². The second-order valence-corrected chi connectivity index (χ2v) is 7.45. The number of fused-ring (bicyclic) bond motifs is 1. The summed E-state index contributed by atoms with van der Waals surface area (Å²) in [7, 11) is 0. The molecular formula is C21H24N4O2. The molecule has 0 aliphatic carbocycles. The Hall–Kier alpha value is -2.73. The number of benzene rings is 1. The molecule has 0 spiro atoms. The summed E-state index contributed by atoms with van der Waals surface area (Å²) in [5, 5.41) is 13.6. The highest BCUT2D eigenvalue weighted by molar-refractivity contribution is 5.87. The molecule has 6 nitrogen and oxygen atoms in total. The Bertz CT molecular complexity index is 978. The Morgan fingerprint density at radius 1 is 1.26 bits per heavy atom. The Labute approximate surface area is 158 Å². The van der Waals surface area contributed by atoms with Crippen LogP contribution in [0.3, 0.4) is 0 Å². The number of aromatic carboxylic acids is 1. The molecule has 3 aromatic rings. The highest BCUT2D eigenvalue weighted by Gasteiger charge is 2.23. The third-order valence-corrected chi connectivity index (χ3v) is 5.38. The SMILES string of the molecule is Cc1cc(C)n2ncc(CN3CCCC(c4ccc(C(=O)O)cc4)C3)c2n1. The van der Waals surface area contributed by atoms with E-state index in [0.717, 1.165) is 55.1 Å². The van der Waals surface area contributed by atoms with E-state index in [1.807, 2.05) is 35.8 Å². The van der Waals surface area contributed by atoms with Gasteiger partial charge >= 0.3 is 5.97 Å². The van der Waals surface area contributed by atoms with Gasteiger partial charge in [-0.15, -0.1) is 0 Å². The number of aromatic nitrogens is 3. The number of carboxylic acid groups (broad SMARTS) is 1. The van der Waals surface area contributed by atoms with E-state index in [1.165, 1.54) is 5.56 Å². The zero-order valence-electron chi connectivity index (χ0n) is 15.7. The molecule has 4 rings (SSSR count). The summed E-state index contributed by atoms with van der Waals surface area (Å²) >= 11 is 0. The van der Waals surface area contributed by atoms with Gasteiger partial charge in [0.1, 0.15) is 0 Å². The quantitative estimate of drug-likeness (QED) is 0.768. The van der Waals surface area contributed by atoms with Crippen LogP contribution in [0.4, 0.5) is 0 Å². The number of carbonyl (C=O) groups is 1. The fourth-order valence-electron chi connectivity index (χ4n) is 4.04. The van der Waals surface area contributed by atoms with E-state index in [2.05, 4.69) is 21.9 Å². The van der Waals surface area contributed by atoms with Crippen molar-refractivity contribution in [3.05, 3.63) is 64.6 Å². The van der Waals surface area contributed by atoms with Gasteiger partial charge in [-0.25, -0.2) is 14.3 Å². The molecule has 1 aliphatic heterocycles. The molecule has 140 valence electrons. The van der Waals surface area contributed by atoms with Crippen molar-refractivity contribution < 1.29 is 9.90 Å². The third-order valence-electron chi connectivity index (χ3n) is 5.38. The van der Waals surface area contributed by atoms with Crippen molar-refractivity contribution in [3.8, 4) is 0 Å². The largest absolute Gasteiger partial charge is 0.478 e. The monoisotopic (exact) mass is 364 g/mol. The Kier molecular flexibility index (Phi) is 4.66. The van der Waals surface area contributed by atoms with Crippen molar-refractivity contribution in [2.75, 3.05) is 13.1 Å². The summed E-state index contributed by atoms with van der Waals surface area (Å²) in [6.07, 6.45) is 4.20. The first-order valence-electron chi connectivity index (χ1n) is 9.38. The van der Waals surface area contributed by atoms with E-state index in [0.29, 0.717) is 11.5 Å². The molecule has 1 fully saturated rings. The minimum Gasteiger partial charge on any atom is -0.478 e. The fourth-order valence-corrected chi connectivity index (χ4v) is 4.04. The highest BCUT2D eigenvalue weighted by atomic mass is 16.4. The van der Waals surface area contributed by atoms with Crippen LogP contribution in [0.1, 0.15) is 51.6 Å². The lowest BCUT2D eigenvalue weighted by Gasteiger charge is -2.32. The van der Waals surface area contributed by atoms with E-state index < -0.39 is 5.97 Å². The Morgan fingerprint density at radius 2 is 2.04 bits per heavy atom. The molecule has 27 heavy (non-hydrogen) atoms. The van der Waals surface area contributed by atoms with Crippen molar-refractivity contribution in [3.63, 3.8) is 0 Å². The van der Waals surface area contributed by atoms with Gasteiger partial charge in [0.15, 0.2) is 5.65 Å². The first-order valence-corrected chi connectivity index (χ1v) is 9.38. The number of piperidine rings is 1. The first kappa shape index (κ1) is 17.7. The molecule has 0 radical (unpaired) electrons. The maximum Gasteiger partial charge on any atom is 0.335 e. The Balaban J connectivity index is 1.51. The van der Waals surface area contributed by atoms with Crippen LogP contribution in [0.15, 0.2) is 36.5 Å². The van der Waals surface area contributed by atoms with Crippen LogP contribution in [-0.2, 0) is 6.54 Å². The zero-order chi connectivity index (χ0) is 19.0. The van der Waals surface area contributed by atoms with Crippen LogP contribution >= 0.6 is 0 Å². The predicted octanol–water partition coefficient (Wildman–Crippen LogP) is 3.42. The van der Waals surface area contributed by atoms with E-state index in [-0.39, 0.29) is 0 Å². The highest BCUT2D eigenvalue weighted by Crippen LogP contribution is 2.28. The number of aryl methyl sites for hydroxylation is 2. The molecule has 1 aromatic carbocycles. The lowest BCUT2D eigenvalue weighted by Crippen LogP contribution is -2.33. The molecule has 1 saturated heterocycles. The molecule has 6 heteroatoms. The van der Waals surface area contributed by atoms with Gasteiger partial charge in [-0.1, -0.05) is 12.1 Å². The Morgan fingerprint density at radius 3 is 2.78 bits per heavy atom. The first-order chi connectivity index (χ1) is 13.0. The van der Waals surface area contributed by atoms with Gasteiger partial charge in [0, 0.05) is 30.0 Å². The van der Waals surface area contributed by atoms with Crippen LogP contribution in [0.2, 0.25) is 0 Å². The average Bonchev–Trinajstić information content (AvgIpc) is 3.05. The van der Waals surface area contributed by atoms with E-state index in [4.69, 9.17) is 5.11 Å². The second-order valence-electron chi connectivity index (χ2n) is 7.45. The predicted molar refractivity (Wildman–Crippen MR) is 103 cm³/mol. The van der Waals surface area contributed by atoms with Crippen LogP contribution in [0.5, 0.6) is 0 Å². The van der Waals surface area contributed by atoms with Gasteiger partial charge in [-0.3, -0.25) is 4.90 Å². The normalized spacial score (nSPS) is 18.1. The number of likely N-dealkylation sites (tertiary alicyclic amines) is 1. The zero-order valence-corrected chi connectivity index (χ0v) is 15.7. The van der Waals surface area contributed by atoms with Gasteiger partial charge in [-0.2, -0.15) is 5.10 Å². The summed E-state index contributed by atoms with van der Waals surface area (Å²) in [5.74, 6) is -0.446. The summed E-state index contributed by atoms with van der Waals surface area (Å²) in [5.41, 5.74) is 5.77. The number of nitrogens with zero attached hydrogens (tertiary/aromatic N) is 4. The minimum absolute atomic E-state index is 0.342. The van der Waals surface area contributed by atoms with Crippen LogP contribution in [-0.4, -0.2) is 43.7 Å². The fraction of sp³-hybridized carbons (Fsp3) is 0.381. The molecule has 3 heterocycles. The second kappa shape index (κ2) is 7.12. The minimum atomic E-state index is -0.877. The number of carboxylic acids is 1. The van der Waals surface area contributed by atoms with Crippen molar-refractivity contribution in [2.45, 2.75) is 39.2 Å². The van der Waals surface area contributed by atoms with Gasteiger partial charge < -0.3 is 5.11 Å². The van der Waals surface area contributed by atoms with Crippen LogP contribution < -0.4 is 0 Å². The lowest BCUT2D eigenvalue weighted by molar-refractivity contribution is 0.0697. The molecule has 1 atom stereocenters. The van der Waals surface area contributed by atoms with E-state index in [1.54, 1.807) is 12.1 Å². The summed E-state index contributed by atoms with van der Waals surface area (Å²) in [4.78, 5) is 18.2. The van der Waals surface area contributed by atoms with Gasteiger partial charge in [0.25, 0.3) is 0 Å². The van der Waals surface area contributed by atoms with Crippen molar-refractivity contribution >= 4 is 11.6 Å². The molecule has 1 aliphatic rings. The molecule has 0 amide bonds. The van der Waals surface area contributed by atoms with Gasteiger partial charge in [0.05, 0.1) is 11.8 Å². The molecule has 0 saturated carbocycles. The summed E-state index contributed by atoms with van der Waals surface area (Å²) in [6.45, 7) is 6.93. The summed E-state index contributed by atoms with van der Waals surface area (Å²) in [6, 6.07) is 9.37. The molecule has 1 unspecified atom stereocenters. The summed E-state index contributed by atoms with van der Waals surface area (Å²) < 4.78 is 1.91. The van der Waals surface area contributed by atoms with Crippen LogP contribution in [0, 0.1) is 13.8 Å². The van der Waals surface area contributed by atoms with Crippen molar-refractivity contribution in [1.29, 1.82) is 0 Å². The number of hydrogen-bond acceptors (Lipinski definition) is 4. The number of rotatable bonds is 4. The van der Waals surface area contributed by atoms with Crippen molar-refractivity contribution in [2.24, 2.45) is 0 Å². The van der Waals surface area contributed by atoms with Gasteiger partial charge in [-0.05, 0) is 62.9 Å². The van der Waals surface area contributed by atoms with Crippen molar-refractivity contribution in [1.82, 2.24) is 19.5 Å². The number of hydrogen-bond donors (Lipinski definition) is 1. The average molecular weight is 364 g/mol. The van der Waals surface area contributed by atoms with E-state index >= 15 is 0 Å². The topological polar surface area (TPSA) is 70.7 Å².